The van der Waals surface area contributed by atoms with Crippen LogP contribution >= 0.6 is 0 Å². The second kappa shape index (κ2) is 11.4. The summed E-state index contributed by atoms with van der Waals surface area (Å²) in [7, 11) is 0. The molecule has 1 heterocycles. The number of hydrogen-bond donors (Lipinski definition) is 0. The first-order valence-electron chi connectivity index (χ1n) is 8.35. The Morgan fingerprint density at radius 2 is 0.929 bits per heavy atom. The smallest absolute Gasteiger partial charge is 0.454 e. The second-order valence-electron chi connectivity index (χ2n) is 6.24. The van der Waals surface area contributed by atoms with E-state index in [9.17, 15) is 0 Å². The Balaban J connectivity index is 0.00000243. The summed E-state index contributed by atoms with van der Waals surface area (Å²) in [5.74, 6) is 1.43. The molecule has 0 fully saturated rings. The van der Waals surface area contributed by atoms with Crippen LogP contribution in [0.2, 0.25) is 0 Å². The number of rotatable bonds is 4. The zero-order chi connectivity index (χ0) is 17.8. The van der Waals surface area contributed by atoms with Crippen LogP contribution in [-0.2, 0) is 17.1 Å². The van der Waals surface area contributed by atoms with Crippen molar-refractivity contribution >= 4 is 23.8 Å². The molecule has 148 valence electrons. The van der Waals surface area contributed by atoms with Gasteiger partial charge in [-0.2, -0.15) is 0 Å². The zero-order valence-corrected chi connectivity index (χ0v) is 18.5. The summed E-state index contributed by atoms with van der Waals surface area (Å²) in [5, 5.41) is 0. The Kier molecular flexibility index (Phi) is 10.4. The number of nitrogens with zero attached hydrogens (tertiary/aromatic N) is 2. The van der Waals surface area contributed by atoms with Gasteiger partial charge < -0.3 is 19.3 Å². The summed E-state index contributed by atoms with van der Waals surface area (Å²) in [5.41, 5.74) is 6.59. The van der Waals surface area contributed by atoms with Crippen molar-refractivity contribution in [3.05, 3.63) is 97.2 Å². The van der Waals surface area contributed by atoms with Gasteiger partial charge in [-0.05, 0) is 62.1 Å². The van der Waals surface area contributed by atoms with Crippen LogP contribution < -0.4 is 0 Å². The number of aryl methyl sites for hydroxylation is 4. The summed E-state index contributed by atoms with van der Waals surface area (Å²) >= 11 is 0. The number of furan rings is 1. The van der Waals surface area contributed by atoms with Gasteiger partial charge in [0.15, 0.2) is 0 Å². The minimum Gasteiger partial charge on any atom is -0.454 e. The summed E-state index contributed by atoms with van der Waals surface area (Å²) in [6.07, 6.45) is 3.51. The summed E-state index contributed by atoms with van der Waals surface area (Å²) in [6.45, 7) is 8.24. The van der Waals surface area contributed by atoms with Gasteiger partial charge in [-0.25, -0.2) is 0 Å². The summed E-state index contributed by atoms with van der Waals surface area (Å²) in [4.78, 5) is 9.14. The molecule has 3 aromatic rings. The molecule has 0 aliphatic rings. The molecule has 0 saturated carbocycles. The largest absolute Gasteiger partial charge is 2.00 e. The van der Waals surface area contributed by atoms with Gasteiger partial charge in [-0.3, -0.25) is 9.98 Å². The first kappa shape index (κ1) is 25.6. The first-order valence-corrected chi connectivity index (χ1v) is 8.35. The third-order valence-corrected chi connectivity index (χ3v) is 4.17. The van der Waals surface area contributed by atoms with Gasteiger partial charge in [0.25, 0.3) is 0 Å². The van der Waals surface area contributed by atoms with E-state index < -0.39 is 0 Å². The predicted molar refractivity (Wildman–Crippen MR) is 118 cm³/mol. The number of hydrogen-bond acceptors (Lipinski definition) is 3. The van der Waals surface area contributed by atoms with Crippen molar-refractivity contribution in [3.8, 4) is 0 Å². The van der Waals surface area contributed by atoms with Crippen molar-refractivity contribution < 1.29 is 21.5 Å². The van der Waals surface area contributed by atoms with E-state index in [1.165, 1.54) is 0 Å². The fourth-order valence-electron chi connectivity index (χ4n) is 2.78. The van der Waals surface area contributed by atoms with Gasteiger partial charge >= 0.3 is 17.1 Å². The van der Waals surface area contributed by atoms with E-state index in [1.807, 2.05) is 24.3 Å². The second-order valence-corrected chi connectivity index (χ2v) is 6.24. The molecule has 28 heavy (non-hydrogen) atoms. The monoisotopic (exact) mass is 416 g/mol. The van der Waals surface area contributed by atoms with Crippen LogP contribution in [0.5, 0.6) is 0 Å². The Bertz CT molecular complexity index is 838. The fraction of sp³-hybridized carbons (Fsp3) is 0.167. The van der Waals surface area contributed by atoms with Crippen molar-refractivity contribution in [2.75, 3.05) is 0 Å². The van der Waals surface area contributed by atoms with E-state index >= 15 is 0 Å². The van der Waals surface area contributed by atoms with E-state index in [2.05, 4.69) is 61.9 Å². The number of benzene rings is 2. The SMILES string of the molecule is Cc1cccc(C)c1N=Cc1ccc(C=Nc2c(C)cccc2C)o1.[CH3-].[CH3-].[Fe+2]. The van der Waals surface area contributed by atoms with Crippen molar-refractivity contribution in [3.63, 3.8) is 0 Å². The molecule has 0 bridgehead atoms. The molecule has 0 aliphatic carbocycles. The van der Waals surface area contributed by atoms with E-state index in [4.69, 9.17) is 4.42 Å². The predicted octanol–water partition coefficient (Wildman–Crippen LogP) is 6.91. The van der Waals surface area contributed by atoms with Crippen molar-refractivity contribution in [2.45, 2.75) is 27.7 Å². The Morgan fingerprint density at radius 1 is 0.607 bits per heavy atom. The van der Waals surface area contributed by atoms with Gasteiger partial charge in [0.05, 0.1) is 23.8 Å². The standard InChI is InChI=1S/C22H22N2O.2CH3.Fe/c1-15-7-5-8-16(2)21(15)23-13-19-11-12-20(25-19)14-24-22-17(3)9-6-10-18(22)4;;;/h5-14H,1-4H3;2*1H3;/q;2*-1;+2. The molecular weight excluding hydrogens is 388 g/mol. The van der Waals surface area contributed by atoms with Crippen molar-refractivity contribution in [1.29, 1.82) is 0 Å². The summed E-state index contributed by atoms with van der Waals surface area (Å²) in [6, 6.07) is 16.1. The average Bonchev–Trinajstić information content (AvgIpc) is 3.02. The normalized spacial score (nSPS) is 10.4. The number of aliphatic imine (C=N–C) groups is 2. The molecule has 0 radical (unpaired) electrons. The molecule has 0 N–H and O–H groups in total. The third-order valence-electron chi connectivity index (χ3n) is 4.17. The minimum atomic E-state index is 0. The Morgan fingerprint density at radius 3 is 1.25 bits per heavy atom. The van der Waals surface area contributed by atoms with Crippen LogP contribution in [0.3, 0.4) is 0 Å². The quantitative estimate of drug-likeness (QED) is 0.259. The van der Waals surface area contributed by atoms with Crippen LogP contribution in [-0.4, -0.2) is 12.4 Å². The van der Waals surface area contributed by atoms with Crippen molar-refractivity contribution in [1.82, 2.24) is 0 Å². The van der Waals surface area contributed by atoms with Gasteiger partial charge in [-0.15, -0.1) is 0 Å². The van der Waals surface area contributed by atoms with Crippen LogP contribution in [0.4, 0.5) is 11.4 Å². The van der Waals surface area contributed by atoms with Gasteiger partial charge in [-0.1, -0.05) is 36.4 Å². The Hall–Kier alpha value is -2.42. The van der Waals surface area contributed by atoms with Gasteiger partial charge in [0, 0.05) is 0 Å². The van der Waals surface area contributed by atoms with Crippen LogP contribution in [0.1, 0.15) is 33.8 Å². The van der Waals surface area contributed by atoms with Gasteiger partial charge in [0.1, 0.15) is 11.5 Å². The molecular formula is C24H28FeN2O. The minimum absolute atomic E-state index is 0. The molecule has 0 unspecified atom stereocenters. The molecule has 0 atom stereocenters. The molecule has 0 spiro atoms. The van der Waals surface area contributed by atoms with Gasteiger partial charge in [0.2, 0.25) is 0 Å². The first-order chi connectivity index (χ1) is 12.0. The topological polar surface area (TPSA) is 37.9 Å². The molecule has 4 heteroatoms. The Labute approximate surface area is 180 Å². The summed E-state index contributed by atoms with van der Waals surface area (Å²) < 4.78 is 5.79. The van der Waals surface area contributed by atoms with E-state index in [0.717, 1.165) is 33.6 Å². The molecule has 2 aromatic carbocycles. The maximum atomic E-state index is 5.79. The van der Waals surface area contributed by atoms with E-state index in [1.54, 1.807) is 12.4 Å². The molecule has 0 saturated heterocycles. The molecule has 0 amide bonds. The van der Waals surface area contributed by atoms with Crippen LogP contribution in [0.25, 0.3) is 0 Å². The maximum absolute atomic E-state index is 5.79. The van der Waals surface area contributed by atoms with Crippen LogP contribution in [0, 0.1) is 42.5 Å². The average molecular weight is 416 g/mol. The van der Waals surface area contributed by atoms with Crippen molar-refractivity contribution in [2.24, 2.45) is 9.98 Å². The zero-order valence-electron chi connectivity index (χ0n) is 17.4. The molecule has 3 rings (SSSR count). The third kappa shape index (κ3) is 6.05. The fourth-order valence-corrected chi connectivity index (χ4v) is 2.78. The molecule has 1 aromatic heterocycles. The molecule has 0 aliphatic heterocycles. The maximum Gasteiger partial charge on any atom is 2.00 e. The van der Waals surface area contributed by atoms with E-state index in [0.29, 0.717) is 11.5 Å². The number of para-hydroxylation sites is 2. The molecule has 3 nitrogen and oxygen atoms in total. The van der Waals surface area contributed by atoms with Crippen LogP contribution in [0.15, 0.2) is 62.9 Å². The van der Waals surface area contributed by atoms with E-state index in [-0.39, 0.29) is 31.9 Å².